The number of hydrogen-bond donors (Lipinski definition) is 0. The van der Waals surface area contributed by atoms with Crippen molar-refractivity contribution in [3.05, 3.63) is 77.5 Å². The summed E-state index contributed by atoms with van der Waals surface area (Å²) < 4.78 is 5.92. The lowest BCUT2D eigenvalue weighted by Crippen LogP contribution is -2.30. The topological polar surface area (TPSA) is 32.8 Å². The molecule has 26 heavy (non-hydrogen) atoms. The van der Waals surface area contributed by atoms with E-state index in [0.717, 1.165) is 24.1 Å². The zero-order valence-electron chi connectivity index (χ0n) is 15.5. The van der Waals surface area contributed by atoms with Gasteiger partial charge in [-0.1, -0.05) is 60.7 Å². The minimum Gasteiger partial charge on any atom is -0.486 e. The normalized spacial score (nSPS) is 14.4. The molecule has 0 bridgehead atoms. The molecule has 0 unspecified atom stereocenters. The highest BCUT2D eigenvalue weighted by Crippen LogP contribution is 2.28. The second-order valence-corrected chi connectivity index (χ2v) is 6.79. The first-order chi connectivity index (χ1) is 12.6. The zero-order valence-corrected chi connectivity index (χ0v) is 15.5. The molecule has 0 saturated carbocycles. The summed E-state index contributed by atoms with van der Waals surface area (Å²) in [6.45, 7) is 2.59. The molecule has 1 amide bonds. The Kier molecular flexibility index (Phi) is 6.08. The summed E-state index contributed by atoms with van der Waals surface area (Å²) in [5.41, 5.74) is 3.29. The van der Waals surface area contributed by atoms with Gasteiger partial charge in [0.25, 0.3) is 5.91 Å². The van der Waals surface area contributed by atoms with Gasteiger partial charge < -0.3 is 14.5 Å². The molecule has 2 aromatic carbocycles. The molecule has 0 saturated heterocycles. The number of nitrogens with zero attached hydrogens (tertiary/aromatic N) is 2. The molecule has 2 aromatic rings. The molecular weight excluding hydrogens is 324 g/mol. The molecule has 0 aromatic heterocycles. The second kappa shape index (κ2) is 8.68. The van der Waals surface area contributed by atoms with Crippen LogP contribution in [0.15, 0.2) is 66.4 Å². The monoisotopic (exact) mass is 350 g/mol. The largest absolute Gasteiger partial charge is 0.486 e. The van der Waals surface area contributed by atoms with Crippen molar-refractivity contribution >= 4 is 11.5 Å². The first-order valence-corrected chi connectivity index (χ1v) is 9.04. The number of carbonyl (C=O) groups is 1. The van der Waals surface area contributed by atoms with Gasteiger partial charge in [0.15, 0.2) is 5.76 Å². The van der Waals surface area contributed by atoms with Crippen molar-refractivity contribution in [3.63, 3.8) is 0 Å². The molecule has 4 nitrogen and oxygen atoms in total. The minimum atomic E-state index is -0.00135. The maximum atomic E-state index is 12.9. The van der Waals surface area contributed by atoms with Crippen LogP contribution in [0.5, 0.6) is 0 Å². The number of ether oxygens (including phenoxy) is 1. The lowest BCUT2D eigenvalue weighted by Gasteiger charge is -2.17. The fourth-order valence-corrected chi connectivity index (χ4v) is 3.04. The molecule has 0 fully saturated rings. The summed E-state index contributed by atoms with van der Waals surface area (Å²) in [5, 5.41) is 0. The van der Waals surface area contributed by atoms with Crippen molar-refractivity contribution in [1.82, 2.24) is 9.80 Å². The predicted octanol–water partition coefficient (Wildman–Crippen LogP) is 3.06. The van der Waals surface area contributed by atoms with Crippen LogP contribution in [0.3, 0.4) is 0 Å². The summed E-state index contributed by atoms with van der Waals surface area (Å²) in [5.74, 6) is 0.504. The fraction of sp³-hybridized carbons (Fsp3) is 0.318. The maximum Gasteiger partial charge on any atom is 0.289 e. The van der Waals surface area contributed by atoms with Crippen molar-refractivity contribution in [3.8, 4) is 0 Å². The average Bonchev–Trinajstić information content (AvgIpc) is 2.97. The summed E-state index contributed by atoms with van der Waals surface area (Å²) in [4.78, 5) is 16.9. The van der Waals surface area contributed by atoms with Crippen LogP contribution >= 0.6 is 0 Å². The van der Waals surface area contributed by atoms with Gasteiger partial charge in [0.1, 0.15) is 6.61 Å². The minimum absolute atomic E-state index is 0.00135. The standard InChI is InChI=1S/C22H26N2O2/c1-23(2)15-16-26-21-20(19-11-7-4-8-12-19)17-24(22(21)25)14-13-18-9-5-3-6-10-18/h3-12H,13-17H2,1-2H3. The van der Waals surface area contributed by atoms with E-state index in [2.05, 4.69) is 17.0 Å². The summed E-state index contributed by atoms with van der Waals surface area (Å²) >= 11 is 0. The van der Waals surface area contributed by atoms with E-state index in [1.54, 1.807) is 0 Å². The van der Waals surface area contributed by atoms with Gasteiger partial charge in [0.05, 0.1) is 6.54 Å². The van der Waals surface area contributed by atoms with E-state index in [0.29, 0.717) is 25.5 Å². The SMILES string of the molecule is CN(C)CCOC1=C(c2ccccc2)CN(CCc2ccccc2)C1=O. The van der Waals surface area contributed by atoms with Gasteiger partial charge in [-0.05, 0) is 31.6 Å². The molecule has 0 aliphatic carbocycles. The number of likely N-dealkylation sites (N-methyl/N-ethyl adjacent to an activating group) is 1. The molecule has 3 rings (SSSR count). The highest BCUT2D eigenvalue weighted by Gasteiger charge is 2.32. The molecule has 136 valence electrons. The first kappa shape index (κ1) is 18.2. The molecule has 1 aliphatic rings. The number of rotatable bonds is 8. The van der Waals surface area contributed by atoms with Crippen molar-refractivity contribution < 1.29 is 9.53 Å². The Labute approximate surface area is 155 Å². The number of hydrogen-bond acceptors (Lipinski definition) is 3. The van der Waals surface area contributed by atoms with Gasteiger partial charge in [-0.2, -0.15) is 0 Å². The number of amides is 1. The molecule has 0 radical (unpaired) electrons. The van der Waals surface area contributed by atoms with Crippen LogP contribution in [0, 0.1) is 0 Å². The molecule has 1 heterocycles. The Morgan fingerprint density at radius 1 is 1.00 bits per heavy atom. The molecule has 0 N–H and O–H groups in total. The second-order valence-electron chi connectivity index (χ2n) is 6.79. The third-order valence-corrected chi connectivity index (χ3v) is 4.52. The average molecular weight is 350 g/mol. The molecular formula is C22H26N2O2. The van der Waals surface area contributed by atoms with Crippen molar-refractivity contribution in [2.24, 2.45) is 0 Å². The fourth-order valence-electron chi connectivity index (χ4n) is 3.04. The van der Waals surface area contributed by atoms with Gasteiger partial charge >= 0.3 is 0 Å². The van der Waals surface area contributed by atoms with E-state index in [1.807, 2.05) is 67.5 Å². The van der Waals surface area contributed by atoms with Crippen LogP contribution in [0.2, 0.25) is 0 Å². The van der Waals surface area contributed by atoms with Gasteiger partial charge in [0.2, 0.25) is 0 Å². The van der Waals surface area contributed by atoms with Crippen LogP contribution < -0.4 is 0 Å². The number of carbonyl (C=O) groups excluding carboxylic acids is 1. The van der Waals surface area contributed by atoms with Crippen LogP contribution in [-0.2, 0) is 16.0 Å². The molecule has 0 spiro atoms. The lowest BCUT2D eigenvalue weighted by atomic mass is 10.1. The van der Waals surface area contributed by atoms with E-state index < -0.39 is 0 Å². The van der Waals surface area contributed by atoms with E-state index in [-0.39, 0.29) is 5.91 Å². The van der Waals surface area contributed by atoms with Crippen LogP contribution in [0.1, 0.15) is 11.1 Å². The van der Waals surface area contributed by atoms with Gasteiger partial charge in [-0.25, -0.2) is 0 Å². The lowest BCUT2D eigenvalue weighted by molar-refractivity contribution is -0.128. The Bertz CT molecular complexity index is 754. The van der Waals surface area contributed by atoms with Crippen molar-refractivity contribution in [2.45, 2.75) is 6.42 Å². The van der Waals surface area contributed by atoms with E-state index in [9.17, 15) is 4.79 Å². The van der Waals surface area contributed by atoms with E-state index >= 15 is 0 Å². The summed E-state index contributed by atoms with van der Waals surface area (Å²) in [7, 11) is 4.00. The number of benzene rings is 2. The van der Waals surface area contributed by atoms with Gasteiger partial charge in [0, 0.05) is 18.7 Å². The van der Waals surface area contributed by atoms with Gasteiger partial charge in [-0.3, -0.25) is 4.79 Å². The zero-order chi connectivity index (χ0) is 18.4. The third-order valence-electron chi connectivity index (χ3n) is 4.52. The summed E-state index contributed by atoms with van der Waals surface area (Å²) in [6, 6.07) is 20.3. The van der Waals surface area contributed by atoms with E-state index in [4.69, 9.17) is 4.74 Å². The molecule has 1 aliphatic heterocycles. The van der Waals surface area contributed by atoms with Gasteiger partial charge in [-0.15, -0.1) is 0 Å². The Morgan fingerprint density at radius 2 is 1.65 bits per heavy atom. The van der Waals surface area contributed by atoms with Crippen LogP contribution in [0.25, 0.3) is 5.57 Å². The maximum absolute atomic E-state index is 12.9. The quantitative estimate of drug-likeness (QED) is 0.734. The molecule has 4 heteroatoms. The Balaban J connectivity index is 1.73. The van der Waals surface area contributed by atoms with Crippen molar-refractivity contribution in [2.75, 3.05) is 40.3 Å². The third kappa shape index (κ3) is 4.52. The first-order valence-electron chi connectivity index (χ1n) is 9.04. The Hall–Kier alpha value is -2.59. The van der Waals surface area contributed by atoms with E-state index in [1.165, 1.54) is 5.56 Å². The van der Waals surface area contributed by atoms with Crippen LogP contribution in [0.4, 0.5) is 0 Å². The highest BCUT2D eigenvalue weighted by atomic mass is 16.5. The molecule has 0 atom stereocenters. The smallest absolute Gasteiger partial charge is 0.289 e. The van der Waals surface area contributed by atoms with Crippen molar-refractivity contribution in [1.29, 1.82) is 0 Å². The predicted molar refractivity (Wildman–Crippen MR) is 105 cm³/mol. The summed E-state index contributed by atoms with van der Waals surface area (Å²) in [6.07, 6.45) is 0.847. The Morgan fingerprint density at radius 3 is 2.31 bits per heavy atom. The van der Waals surface area contributed by atoms with Crippen LogP contribution in [-0.4, -0.2) is 56.0 Å². The highest BCUT2D eigenvalue weighted by molar-refractivity contribution is 6.04.